The highest BCUT2D eigenvalue weighted by Gasteiger charge is 2.31. The van der Waals surface area contributed by atoms with E-state index in [0.29, 0.717) is 32.4 Å². The van der Waals surface area contributed by atoms with Gasteiger partial charge in [-0.1, -0.05) is 55.5 Å². The van der Waals surface area contributed by atoms with Gasteiger partial charge in [0.1, 0.15) is 4.32 Å². The van der Waals surface area contributed by atoms with Gasteiger partial charge in [-0.2, -0.15) is 0 Å². The lowest BCUT2D eigenvalue weighted by Crippen LogP contribution is -2.29. The van der Waals surface area contributed by atoms with Crippen LogP contribution in [0, 0.1) is 0 Å². The summed E-state index contributed by atoms with van der Waals surface area (Å²) >= 11 is 13.2. The van der Waals surface area contributed by atoms with E-state index >= 15 is 0 Å². The van der Waals surface area contributed by atoms with Gasteiger partial charge in [0.15, 0.2) is 0 Å². The van der Waals surface area contributed by atoms with Gasteiger partial charge in [0.2, 0.25) is 0 Å². The molecule has 2 N–H and O–H groups in total. The van der Waals surface area contributed by atoms with Crippen molar-refractivity contribution < 1.29 is 9.68 Å². The van der Waals surface area contributed by atoms with Crippen molar-refractivity contribution in [1.29, 1.82) is 0 Å². The van der Waals surface area contributed by atoms with Gasteiger partial charge >= 0.3 is 7.12 Å². The number of hydrogen-bond acceptors (Lipinski definition) is 4. The van der Waals surface area contributed by atoms with Crippen LogP contribution in [0.1, 0.15) is 25.8 Å². The van der Waals surface area contributed by atoms with Crippen molar-refractivity contribution in [3.63, 3.8) is 0 Å². The van der Waals surface area contributed by atoms with Crippen LogP contribution in [0.15, 0.2) is 12.1 Å². The summed E-state index contributed by atoms with van der Waals surface area (Å²) in [6.45, 7) is 4.64. The molecule has 1 aliphatic rings. The first-order valence-corrected chi connectivity index (χ1v) is 7.78. The third-order valence-corrected chi connectivity index (χ3v) is 4.88. The second kappa shape index (κ2) is 6.46. The van der Waals surface area contributed by atoms with Crippen molar-refractivity contribution in [3.05, 3.63) is 22.7 Å². The molecule has 1 heterocycles. The normalized spacial score (nSPS) is 15.3. The Morgan fingerprint density at radius 2 is 2.42 bits per heavy atom. The number of halogens is 1. The van der Waals surface area contributed by atoms with Crippen molar-refractivity contribution in [2.24, 2.45) is 0 Å². The van der Waals surface area contributed by atoms with E-state index < -0.39 is 7.12 Å². The summed E-state index contributed by atoms with van der Waals surface area (Å²) in [6.07, 6.45) is 1.05. The topological polar surface area (TPSA) is 41.5 Å². The second-order valence-electron chi connectivity index (χ2n) is 4.41. The number of thiocarbonyl (C=S) groups is 1. The first kappa shape index (κ1) is 15.1. The van der Waals surface area contributed by atoms with Gasteiger partial charge in [-0.3, -0.25) is 0 Å². The minimum Gasteiger partial charge on any atom is -0.423 e. The first-order chi connectivity index (χ1) is 9.02. The fourth-order valence-electron chi connectivity index (χ4n) is 1.78. The lowest BCUT2D eigenvalue weighted by molar-refractivity contribution is 0.275. The van der Waals surface area contributed by atoms with Crippen LogP contribution >= 0.6 is 35.6 Å². The van der Waals surface area contributed by atoms with Crippen molar-refractivity contribution in [2.75, 3.05) is 5.32 Å². The van der Waals surface area contributed by atoms with Crippen LogP contribution in [0.5, 0.6) is 0 Å². The zero-order chi connectivity index (χ0) is 14.0. The highest BCUT2D eigenvalue weighted by Crippen LogP contribution is 2.27. The molecule has 0 spiro atoms. The smallest absolute Gasteiger partial charge is 0.423 e. The van der Waals surface area contributed by atoms with Gasteiger partial charge < -0.3 is 15.0 Å². The summed E-state index contributed by atoms with van der Waals surface area (Å²) < 4.78 is 5.84. The molecule has 0 fully saturated rings. The molecule has 19 heavy (non-hydrogen) atoms. The first-order valence-electron chi connectivity index (χ1n) is 6.11. The van der Waals surface area contributed by atoms with E-state index in [2.05, 4.69) is 19.2 Å². The zero-order valence-electron chi connectivity index (χ0n) is 10.8. The number of thioether (sulfide) groups is 1. The Balaban J connectivity index is 2.14. The Labute approximate surface area is 128 Å². The van der Waals surface area contributed by atoms with Gasteiger partial charge in [0.25, 0.3) is 0 Å². The van der Waals surface area contributed by atoms with Crippen LogP contribution in [-0.2, 0) is 11.3 Å². The summed E-state index contributed by atoms with van der Waals surface area (Å²) in [5, 5.41) is 13.8. The van der Waals surface area contributed by atoms with Crippen molar-refractivity contribution in [1.82, 2.24) is 0 Å². The fraction of sp³-hybridized carbons (Fsp3) is 0.417. The fourth-order valence-corrected chi connectivity index (χ4v) is 3.41. The predicted molar refractivity (Wildman–Crippen MR) is 87.4 cm³/mol. The van der Waals surface area contributed by atoms with Crippen LogP contribution in [-0.4, -0.2) is 21.7 Å². The number of nitrogens with one attached hydrogen (secondary N) is 1. The average Bonchev–Trinajstić information content (AvgIpc) is 2.75. The van der Waals surface area contributed by atoms with Crippen LogP contribution in [0.4, 0.5) is 5.69 Å². The van der Waals surface area contributed by atoms with E-state index in [0.717, 1.165) is 12.0 Å². The third-order valence-electron chi connectivity index (χ3n) is 3.03. The number of fused-ring (bicyclic) bond motifs is 1. The molecule has 2 rings (SSSR count). The van der Waals surface area contributed by atoms with Crippen molar-refractivity contribution in [2.45, 2.75) is 32.1 Å². The zero-order valence-corrected chi connectivity index (χ0v) is 13.2. The molecule has 1 atom stereocenters. The minimum absolute atomic E-state index is 0.391. The summed E-state index contributed by atoms with van der Waals surface area (Å²) in [4.78, 5) is 0. The largest absolute Gasteiger partial charge is 0.493 e. The lowest BCUT2D eigenvalue weighted by atomic mass is 9.79. The molecule has 3 nitrogen and oxygen atoms in total. The van der Waals surface area contributed by atoms with E-state index in [1.54, 1.807) is 11.8 Å². The highest BCUT2D eigenvalue weighted by atomic mass is 35.5. The highest BCUT2D eigenvalue weighted by molar-refractivity contribution is 8.23. The van der Waals surface area contributed by atoms with E-state index in [-0.39, 0.29) is 0 Å². The molecule has 0 aromatic heterocycles. The van der Waals surface area contributed by atoms with Crippen LogP contribution in [0.25, 0.3) is 0 Å². The molecular formula is C12H15BClNO2S2. The number of anilines is 1. The Hall–Kier alpha value is -0.265. The summed E-state index contributed by atoms with van der Waals surface area (Å²) in [5.41, 5.74) is 2.28. The molecular weight excluding hydrogens is 301 g/mol. The molecule has 0 aliphatic carbocycles. The SMILES string of the molecule is CCC(C)SC(=S)Nc1ccc2c(c1Cl)B(O)OC2. The summed E-state index contributed by atoms with van der Waals surface area (Å²) in [6, 6.07) is 3.77. The average molecular weight is 316 g/mol. The van der Waals surface area contributed by atoms with E-state index in [4.69, 9.17) is 28.5 Å². The van der Waals surface area contributed by atoms with Gasteiger partial charge in [-0.05, 0) is 18.1 Å². The lowest BCUT2D eigenvalue weighted by Gasteiger charge is -2.14. The van der Waals surface area contributed by atoms with Gasteiger partial charge in [-0.15, -0.1) is 0 Å². The molecule has 0 radical (unpaired) electrons. The van der Waals surface area contributed by atoms with Crippen molar-refractivity contribution in [3.8, 4) is 0 Å². The molecule has 102 valence electrons. The van der Waals surface area contributed by atoms with Gasteiger partial charge in [0.05, 0.1) is 17.3 Å². The van der Waals surface area contributed by atoms with Crippen molar-refractivity contribution >= 4 is 58.2 Å². The van der Waals surface area contributed by atoms with E-state index in [1.165, 1.54) is 0 Å². The predicted octanol–water partition coefficient (Wildman–Crippen LogP) is 2.79. The number of benzene rings is 1. The maximum atomic E-state index is 9.73. The molecule has 0 bridgehead atoms. The van der Waals surface area contributed by atoms with Crippen LogP contribution in [0.3, 0.4) is 0 Å². The molecule has 1 aliphatic heterocycles. The Bertz CT molecular complexity index is 501. The number of rotatable bonds is 3. The molecule has 0 saturated heterocycles. The minimum atomic E-state index is -0.944. The standard InChI is InChI=1S/C12H15BClNO2S2/c1-3-7(2)19-12(18)15-9-5-4-8-6-17-13(16)10(8)11(9)14/h4-5,7,16H,3,6H2,1-2H3,(H,15,18). The molecule has 0 saturated carbocycles. The second-order valence-corrected chi connectivity index (χ2v) is 6.91. The Morgan fingerprint density at radius 3 is 3.11 bits per heavy atom. The third kappa shape index (κ3) is 3.44. The van der Waals surface area contributed by atoms with Gasteiger partial charge in [-0.25, -0.2) is 0 Å². The maximum absolute atomic E-state index is 9.73. The van der Waals surface area contributed by atoms with Crippen LogP contribution in [0.2, 0.25) is 5.02 Å². The van der Waals surface area contributed by atoms with E-state index in [9.17, 15) is 5.02 Å². The van der Waals surface area contributed by atoms with Crippen LogP contribution < -0.4 is 10.8 Å². The molecule has 7 heteroatoms. The molecule has 1 unspecified atom stereocenters. The molecule has 1 aromatic rings. The molecule has 0 amide bonds. The number of hydrogen-bond donors (Lipinski definition) is 2. The summed E-state index contributed by atoms with van der Waals surface area (Å²) in [7, 11) is -0.944. The van der Waals surface area contributed by atoms with Gasteiger partial charge in [0, 0.05) is 10.7 Å². The Kier molecular flexibility index (Phi) is 5.14. The molecule has 1 aromatic carbocycles. The Morgan fingerprint density at radius 1 is 1.68 bits per heavy atom. The maximum Gasteiger partial charge on any atom is 0.493 e. The van der Waals surface area contributed by atoms with E-state index in [1.807, 2.05) is 12.1 Å². The monoisotopic (exact) mass is 315 g/mol. The summed E-state index contributed by atoms with van der Waals surface area (Å²) in [5.74, 6) is 0. The quantitative estimate of drug-likeness (QED) is 0.663.